The van der Waals surface area contributed by atoms with Gasteiger partial charge in [-0.1, -0.05) is 45.9 Å². The van der Waals surface area contributed by atoms with Gasteiger partial charge in [-0.3, -0.25) is 9.67 Å². The lowest BCUT2D eigenvalue weighted by molar-refractivity contribution is 0.532. The topological polar surface area (TPSA) is 30.7 Å². The first-order chi connectivity index (χ1) is 11.1. The standard InChI is InChI=1S/C18H21N3.C2H6/c1-12(2)16-7-5-6-14-8-18(19-10-17(14)16)15-9-20-21(11-15)13(3)4;1-2/h5-13H,1-4H3;1-2H3. The molecule has 3 heteroatoms. The van der Waals surface area contributed by atoms with E-state index in [2.05, 4.69) is 68.2 Å². The highest BCUT2D eigenvalue weighted by atomic mass is 15.3. The first-order valence-corrected chi connectivity index (χ1v) is 8.49. The van der Waals surface area contributed by atoms with E-state index in [-0.39, 0.29) is 0 Å². The molecule has 0 unspecified atom stereocenters. The van der Waals surface area contributed by atoms with Crippen molar-refractivity contribution in [3.8, 4) is 11.3 Å². The van der Waals surface area contributed by atoms with Gasteiger partial charge < -0.3 is 0 Å². The zero-order valence-electron chi connectivity index (χ0n) is 15.0. The summed E-state index contributed by atoms with van der Waals surface area (Å²) in [5.41, 5.74) is 3.40. The average molecular weight is 309 g/mol. The molecule has 3 rings (SSSR count). The number of benzene rings is 1. The predicted molar refractivity (Wildman–Crippen MR) is 98.8 cm³/mol. The van der Waals surface area contributed by atoms with Crippen molar-refractivity contribution in [2.24, 2.45) is 0 Å². The molecule has 0 N–H and O–H groups in total. The zero-order chi connectivity index (χ0) is 17.0. The monoisotopic (exact) mass is 309 g/mol. The molecule has 0 aliphatic heterocycles. The summed E-state index contributed by atoms with van der Waals surface area (Å²) in [5.74, 6) is 0.505. The van der Waals surface area contributed by atoms with Crippen LogP contribution < -0.4 is 0 Å². The van der Waals surface area contributed by atoms with E-state index >= 15 is 0 Å². The van der Waals surface area contributed by atoms with Gasteiger partial charge in [0.1, 0.15) is 0 Å². The Hall–Kier alpha value is -2.16. The van der Waals surface area contributed by atoms with E-state index in [1.54, 1.807) is 0 Å². The fraction of sp³-hybridized carbons (Fsp3) is 0.400. The van der Waals surface area contributed by atoms with Gasteiger partial charge >= 0.3 is 0 Å². The van der Waals surface area contributed by atoms with Gasteiger partial charge in [-0.2, -0.15) is 5.10 Å². The Bertz CT molecular complexity index is 769. The van der Waals surface area contributed by atoms with Crippen molar-refractivity contribution in [1.82, 2.24) is 14.8 Å². The molecule has 3 nitrogen and oxygen atoms in total. The number of hydrogen-bond acceptors (Lipinski definition) is 2. The van der Waals surface area contributed by atoms with Crippen LogP contribution in [0.1, 0.15) is 59.1 Å². The molecule has 0 saturated carbocycles. The Balaban J connectivity index is 0.000000924. The van der Waals surface area contributed by atoms with E-state index in [1.807, 2.05) is 30.9 Å². The van der Waals surface area contributed by atoms with Crippen LogP contribution in [0.25, 0.3) is 22.0 Å². The van der Waals surface area contributed by atoms with Gasteiger partial charge in [0.05, 0.1) is 11.9 Å². The first-order valence-electron chi connectivity index (χ1n) is 8.49. The Morgan fingerprint density at radius 1 is 1.00 bits per heavy atom. The Morgan fingerprint density at radius 3 is 2.35 bits per heavy atom. The van der Waals surface area contributed by atoms with E-state index in [4.69, 9.17) is 0 Å². The van der Waals surface area contributed by atoms with E-state index < -0.39 is 0 Å². The lowest BCUT2D eigenvalue weighted by Gasteiger charge is -2.10. The van der Waals surface area contributed by atoms with Crippen molar-refractivity contribution in [3.05, 3.63) is 48.4 Å². The molecule has 0 spiro atoms. The predicted octanol–water partition coefficient (Wildman–Crippen LogP) is 5.83. The number of nitrogens with zero attached hydrogens (tertiary/aromatic N) is 3. The molecular formula is C20H27N3. The van der Waals surface area contributed by atoms with Crippen LogP contribution in [-0.2, 0) is 0 Å². The molecule has 0 aliphatic carbocycles. The molecule has 0 aliphatic rings. The SMILES string of the molecule is CC.CC(C)c1cccc2cc(-c3cnn(C(C)C)c3)ncc12. The van der Waals surface area contributed by atoms with Gasteiger partial charge in [-0.15, -0.1) is 0 Å². The van der Waals surface area contributed by atoms with Crippen molar-refractivity contribution in [2.45, 2.75) is 53.5 Å². The van der Waals surface area contributed by atoms with E-state index in [1.165, 1.54) is 16.3 Å². The fourth-order valence-corrected chi connectivity index (χ4v) is 2.61. The highest BCUT2D eigenvalue weighted by molar-refractivity contribution is 5.88. The summed E-state index contributed by atoms with van der Waals surface area (Å²) in [5, 5.41) is 6.88. The highest BCUT2D eigenvalue weighted by Crippen LogP contribution is 2.28. The molecular weight excluding hydrogens is 282 g/mol. The van der Waals surface area contributed by atoms with Gasteiger partial charge in [0.2, 0.25) is 0 Å². The summed E-state index contributed by atoms with van der Waals surface area (Å²) in [4.78, 5) is 4.64. The molecule has 122 valence electrons. The van der Waals surface area contributed by atoms with Crippen molar-refractivity contribution >= 4 is 10.8 Å². The molecule has 2 heterocycles. The molecule has 23 heavy (non-hydrogen) atoms. The zero-order valence-corrected chi connectivity index (χ0v) is 15.0. The summed E-state index contributed by atoms with van der Waals surface area (Å²) in [6, 6.07) is 8.98. The van der Waals surface area contributed by atoms with Crippen LogP contribution in [-0.4, -0.2) is 14.8 Å². The maximum absolute atomic E-state index is 4.64. The maximum Gasteiger partial charge on any atom is 0.0739 e. The Kier molecular flexibility index (Phi) is 5.54. The molecule has 0 fully saturated rings. The van der Waals surface area contributed by atoms with Gasteiger partial charge in [0.15, 0.2) is 0 Å². The average Bonchev–Trinajstić information content (AvgIpc) is 3.06. The second-order valence-electron chi connectivity index (χ2n) is 6.10. The van der Waals surface area contributed by atoms with Crippen LogP contribution in [0, 0.1) is 0 Å². The third-order valence-electron chi connectivity index (χ3n) is 3.85. The van der Waals surface area contributed by atoms with E-state index in [0.29, 0.717) is 12.0 Å². The summed E-state index contributed by atoms with van der Waals surface area (Å²) in [7, 11) is 0. The van der Waals surface area contributed by atoms with E-state index in [0.717, 1.165) is 11.3 Å². The second kappa shape index (κ2) is 7.40. The minimum absolute atomic E-state index is 0.367. The molecule has 1 aromatic carbocycles. The summed E-state index contributed by atoms with van der Waals surface area (Å²) >= 11 is 0. The minimum atomic E-state index is 0.367. The van der Waals surface area contributed by atoms with Gasteiger partial charge in [0.25, 0.3) is 0 Å². The number of rotatable bonds is 3. The molecule has 0 saturated heterocycles. The van der Waals surface area contributed by atoms with Crippen molar-refractivity contribution in [2.75, 3.05) is 0 Å². The molecule has 2 aromatic heterocycles. The number of pyridine rings is 1. The van der Waals surface area contributed by atoms with Crippen LogP contribution in [0.3, 0.4) is 0 Å². The van der Waals surface area contributed by atoms with Crippen molar-refractivity contribution in [3.63, 3.8) is 0 Å². The Morgan fingerprint density at radius 2 is 1.74 bits per heavy atom. The minimum Gasteiger partial charge on any atom is -0.270 e. The quantitative estimate of drug-likeness (QED) is 0.609. The van der Waals surface area contributed by atoms with Gasteiger partial charge in [0, 0.05) is 29.4 Å². The number of aromatic nitrogens is 3. The number of fused-ring (bicyclic) bond motifs is 1. The highest BCUT2D eigenvalue weighted by Gasteiger charge is 2.09. The van der Waals surface area contributed by atoms with Crippen LogP contribution in [0.2, 0.25) is 0 Å². The first kappa shape index (κ1) is 17.2. The fourth-order valence-electron chi connectivity index (χ4n) is 2.61. The summed E-state index contributed by atoms with van der Waals surface area (Å²) < 4.78 is 1.96. The normalized spacial score (nSPS) is 11.0. The third kappa shape index (κ3) is 3.61. The van der Waals surface area contributed by atoms with E-state index in [9.17, 15) is 0 Å². The maximum atomic E-state index is 4.64. The van der Waals surface area contributed by atoms with Crippen LogP contribution in [0.4, 0.5) is 0 Å². The Labute approximate surface area is 139 Å². The smallest absolute Gasteiger partial charge is 0.0739 e. The van der Waals surface area contributed by atoms with Gasteiger partial charge in [-0.05, 0) is 36.8 Å². The van der Waals surface area contributed by atoms with Crippen molar-refractivity contribution < 1.29 is 0 Å². The molecule has 0 radical (unpaired) electrons. The molecule has 0 bridgehead atoms. The van der Waals surface area contributed by atoms with Crippen LogP contribution in [0.15, 0.2) is 42.9 Å². The van der Waals surface area contributed by atoms with Gasteiger partial charge in [-0.25, -0.2) is 0 Å². The molecule has 3 aromatic rings. The largest absolute Gasteiger partial charge is 0.270 e. The summed E-state index contributed by atoms with van der Waals surface area (Å²) in [6.45, 7) is 12.7. The molecule has 0 amide bonds. The van der Waals surface area contributed by atoms with Crippen LogP contribution in [0.5, 0.6) is 0 Å². The van der Waals surface area contributed by atoms with Crippen LogP contribution >= 0.6 is 0 Å². The second-order valence-corrected chi connectivity index (χ2v) is 6.10. The molecule has 0 atom stereocenters. The van der Waals surface area contributed by atoms with Crippen molar-refractivity contribution in [1.29, 1.82) is 0 Å². The lowest BCUT2D eigenvalue weighted by atomic mass is 9.97. The third-order valence-corrected chi connectivity index (χ3v) is 3.85. The number of hydrogen-bond donors (Lipinski definition) is 0. The lowest BCUT2D eigenvalue weighted by Crippen LogP contribution is -1.99. The summed E-state index contributed by atoms with van der Waals surface area (Å²) in [6.07, 6.45) is 5.94.